The van der Waals surface area contributed by atoms with Gasteiger partial charge in [-0.3, -0.25) is 4.79 Å². The van der Waals surface area contributed by atoms with Crippen molar-refractivity contribution in [2.24, 2.45) is 0 Å². The van der Waals surface area contributed by atoms with E-state index in [0.29, 0.717) is 5.95 Å². The van der Waals surface area contributed by atoms with Crippen LogP contribution in [0, 0.1) is 0 Å². The van der Waals surface area contributed by atoms with Crippen molar-refractivity contribution in [1.29, 1.82) is 0 Å². The molecule has 0 aliphatic rings. The van der Waals surface area contributed by atoms with E-state index in [9.17, 15) is 4.79 Å². The van der Waals surface area contributed by atoms with Gasteiger partial charge in [0.1, 0.15) is 5.82 Å². The quantitative estimate of drug-likeness (QED) is 0.410. The Bertz CT molecular complexity index is 1140. The normalized spacial score (nSPS) is 10.6. The molecule has 3 aromatic carbocycles. The minimum Gasteiger partial charge on any atom is -0.369 e. The van der Waals surface area contributed by atoms with E-state index in [2.05, 4.69) is 45.2 Å². The van der Waals surface area contributed by atoms with E-state index in [1.165, 1.54) is 12.5 Å². The number of amides is 1. The van der Waals surface area contributed by atoms with E-state index >= 15 is 0 Å². The average molecular weight is 397 g/mol. The number of nitrogens with one attached hydrogen (secondary N) is 3. The Labute approximate surface area is 175 Å². The van der Waals surface area contributed by atoms with Crippen LogP contribution in [0.2, 0.25) is 0 Å². The maximum absolute atomic E-state index is 11.2. The van der Waals surface area contributed by atoms with Crippen LogP contribution >= 0.6 is 0 Å². The number of hydrogen-bond acceptors (Lipinski definition) is 5. The number of benzene rings is 3. The van der Waals surface area contributed by atoms with Crippen molar-refractivity contribution in [3.63, 3.8) is 0 Å². The number of fused-ring (bicyclic) bond motifs is 1. The van der Waals surface area contributed by atoms with E-state index < -0.39 is 0 Å². The molecule has 0 radical (unpaired) electrons. The van der Waals surface area contributed by atoms with Gasteiger partial charge in [0, 0.05) is 30.2 Å². The van der Waals surface area contributed by atoms with Crippen LogP contribution in [0.4, 0.5) is 23.1 Å². The van der Waals surface area contributed by atoms with Gasteiger partial charge in [-0.15, -0.1) is 0 Å². The Morgan fingerprint density at radius 1 is 0.833 bits per heavy atom. The van der Waals surface area contributed by atoms with Gasteiger partial charge < -0.3 is 16.0 Å². The lowest BCUT2D eigenvalue weighted by molar-refractivity contribution is -0.114. The lowest BCUT2D eigenvalue weighted by atomic mass is 10.1. The molecule has 0 saturated carbocycles. The van der Waals surface area contributed by atoms with Crippen molar-refractivity contribution in [1.82, 2.24) is 9.97 Å². The largest absolute Gasteiger partial charge is 0.369 e. The van der Waals surface area contributed by atoms with Crippen LogP contribution in [0.25, 0.3) is 10.9 Å². The fourth-order valence-corrected chi connectivity index (χ4v) is 3.21. The molecule has 0 unspecified atom stereocenters. The molecule has 0 bridgehead atoms. The summed E-state index contributed by atoms with van der Waals surface area (Å²) in [4.78, 5) is 20.5. The van der Waals surface area contributed by atoms with Gasteiger partial charge >= 0.3 is 0 Å². The Morgan fingerprint density at radius 3 is 2.30 bits per heavy atom. The van der Waals surface area contributed by atoms with Gasteiger partial charge in [0.25, 0.3) is 0 Å². The van der Waals surface area contributed by atoms with E-state index in [1.807, 2.05) is 54.6 Å². The van der Waals surface area contributed by atoms with Gasteiger partial charge in [-0.05, 0) is 48.4 Å². The minimum absolute atomic E-state index is 0.0974. The monoisotopic (exact) mass is 397 g/mol. The van der Waals surface area contributed by atoms with Crippen LogP contribution in [0.1, 0.15) is 12.5 Å². The number of nitrogens with zero attached hydrogens (tertiary/aromatic N) is 2. The van der Waals surface area contributed by atoms with Gasteiger partial charge in [-0.1, -0.05) is 42.5 Å². The third-order valence-electron chi connectivity index (χ3n) is 4.61. The second-order valence-corrected chi connectivity index (χ2v) is 6.96. The molecule has 1 amide bonds. The van der Waals surface area contributed by atoms with E-state index in [4.69, 9.17) is 4.98 Å². The standard InChI is InChI=1S/C24H23N5O/c1-17(30)26-19-11-13-20(14-12-19)27-24-28-22-10-6-5-9-21(22)23(29-24)25-16-15-18-7-3-2-4-8-18/h2-14H,15-16H2,1H3,(H,26,30)(H2,25,27,28,29). The second kappa shape index (κ2) is 9.05. The number of aromatic nitrogens is 2. The summed E-state index contributed by atoms with van der Waals surface area (Å²) in [6.45, 7) is 2.26. The summed E-state index contributed by atoms with van der Waals surface area (Å²) in [6.07, 6.45) is 0.909. The summed E-state index contributed by atoms with van der Waals surface area (Å²) in [5, 5.41) is 10.4. The molecule has 4 aromatic rings. The summed E-state index contributed by atoms with van der Waals surface area (Å²) in [7, 11) is 0. The molecule has 0 saturated heterocycles. The van der Waals surface area contributed by atoms with Crippen LogP contribution in [-0.4, -0.2) is 22.4 Å². The molecule has 3 N–H and O–H groups in total. The first kappa shape index (κ1) is 19.4. The third-order valence-corrected chi connectivity index (χ3v) is 4.61. The van der Waals surface area contributed by atoms with Crippen molar-refractivity contribution in [2.45, 2.75) is 13.3 Å². The zero-order valence-corrected chi connectivity index (χ0v) is 16.7. The van der Waals surface area contributed by atoms with Crippen molar-refractivity contribution in [2.75, 3.05) is 22.5 Å². The molecule has 0 aliphatic heterocycles. The molecule has 0 atom stereocenters. The molecule has 1 heterocycles. The first-order valence-corrected chi connectivity index (χ1v) is 9.87. The van der Waals surface area contributed by atoms with Gasteiger partial charge in [0.05, 0.1) is 5.52 Å². The van der Waals surface area contributed by atoms with E-state index in [1.54, 1.807) is 0 Å². The number of para-hydroxylation sites is 1. The number of carbonyl (C=O) groups is 1. The Balaban J connectivity index is 1.52. The first-order valence-electron chi connectivity index (χ1n) is 9.87. The smallest absolute Gasteiger partial charge is 0.229 e. The summed E-state index contributed by atoms with van der Waals surface area (Å²) in [5.41, 5.74) is 3.73. The lowest BCUT2D eigenvalue weighted by Gasteiger charge is -2.12. The summed E-state index contributed by atoms with van der Waals surface area (Å²) in [6, 6.07) is 25.8. The van der Waals surface area contributed by atoms with Crippen LogP contribution in [0.5, 0.6) is 0 Å². The highest BCUT2D eigenvalue weighted by molar-refractivity contribution is 5.90. The molecule has 0 spiro atoms. The van der Waals surface area contributed by atoms with E-state index in [0.717, 1.165) is 41.1 Å². The van der Waals surface area contributed by atoms with Crippen LogP contribution < -0.4 is 16.0 Å². The Kier molecular flexibility index (Phi) is 5.85. The highest BCUT2D eigenvalue weighted by Crippen LogP contribution is 2.24. The molecule has 30 heavy (non-hydrogen) atoms. The molecule has 6 nitrogen and oxygen atoms in total. The SMILES string of the molecule is CC(=O)Nc1ccc(Nc2nc(NCCc3ccccc3)c3ccccc3n2)cc1. The Morgan fingerprint density at radius 2 is 1.53 bits per heavy atom. The molecule has 150 valence electrons. The summed E-state index contributed by atoms with van der Waals surface area (Å²) in [5.74, 6) is 1.22. The zero-order valence-electron chi connectivity index (χ0n) is 16.7. The van der Waals surface area contributed by atoms with Crippen molar-refractivity contribution >= 4 is 40.0 Å². The van der Waals surface area contributed by atoms with Gasteiger partial charge in [0.2, 0.25) is 11.9 Å². The van der Waals surface area contributed by atoms with Crippen molar-refractivity contribution in [3.8, 4) is 0 Å². The molecular formula is C24H23N5O. The fourth-order valence-electron chi connectivity index (χ4n) is 3.21. The second-order valence-electron chi connectivity index (χ2n) is 6.96. The number of rotatable bonds is 7. The summed E-state index contributed by atoms with van der Waals surface area (Å²) < 4.78 is 0. The van der Waals surface area contributed by atoms with E-state index in [-0.39, 0.29) is 5.91 Å². The minimum atomic E-state index is -0.0974. The molecule has 1 aromatic heterocycles. The van der Waals surface area contributed by atoms with Gasteiger partial charge in [-0.25, -0.2) is 4.98 Å². The topological polar surface area (TPSA) is 78.9 Å². The Hall–Kier alpha value is -3.93. The summed E-state index contributed by atoms with van der Waals surface area (Å²) >= 11 is 0. The number of carbonyl (C=O) groups excluding carboxylic acids is 1. The maximum Gasteiger partial charge on any atom is 0.229 e. The van der Waals surface area contributed by atoms with Gasteiger partial charge in [0.15, 0.2) is 0 Å². The highest BCUT2D eigenvalue weighted by atomic mass is 16.1. The number of anilines is 4. The fraction of sp³-hybridized carbons (Fsp3) is 0.125. The predicted octanol–water partition coefficient (Wildman–Crippen LogP) is 4.99. The lowest BCUT2D eigenvalue weighted by Crippen LogP contribution is -2.09. The number of hydrogen-bond donors (Lipinski definition) is 3. The molecule has 0 fully saturated rings. The van der Waals surface area contributed by atoms with Crippen LogP contribution in [0.3, 0.4) is 0 Å². The third kappa shape index (κ3) is 4.91. The molecule has 6 heteroatoms. The van der Waals surface area contributed by atoms with Gasteiger partial charge in [-0.2, -0.15) is 4.98 Å². The first-order chi connectivity index (χ1) is 14.7. The predicted molar refractivity (Wildman–Crippen MR) is 122 cm³/mol. The average Bonchev–Trinajstić information content (AvgIpc) is 2.75. The molecular weight excluding hydrogens is 374 g/mol. The van der Waals surface area contributed by atoms with Crippen LogP contribution in [0.15, 0.2) is 78.9 Å². The maximum atomic E-state index is 11.2. The van der Waals surface area contributed by atoms with Crippen molar-refractivity contribution < 1.29 is 4.79 Å². The highest BCUT2D eigenvalue weighted by Gasteiger charge is 2.08. The zero-order chi connectivity index (χ0) is 20.8. The van der Waals surface area contributed by atoms with Crippen molar-refractivity contribution in [3.05, 3.63) is 84.4 Å². The molecule has 0 aliphatic carbocycles. The molecule has 4 rings (SSSR count). The van der Waals surface area contributed by atoms with Crippen LogP contribution in [-0.2, 0) is 11.2 Å².